The van der Waals surface area contributed by atoms with Crippen LogP contribution in [0.25, 0.3) is 0 Å². The Morgan fingerprint density at radius 2 is 1.22 bits per heavy atom. The molecule has 5 heterocycles. The van der Waals surface area contributed by atoms with Gasteiger partial charge in [-0.25, -0.2) is 37.9 Å². The summed E-state index contributed by atoms with van der Waals surface area (Å²) < 4.78 is 43.9. The number of rotatable bonds is 9. The Kier molecular flexibility index (Phi) is 19.6. The monoisotopic (exact) mass is 1170 g/mol. The molecule has 7 aromatic rings. The average molecular weight is 1170 g/mol. The van der Waals surface area contributed by atoms with E-state index in [4.69, 9.17) is 15.2 Å². The van der Waals surface area contributed by atoms with Crippen LogP contribution in [-0.2, 0) is 63.7 Å². The molecule has 2 unspecified atom stereocenters. The van der Waals surface area contributed by atoms with Gasteiger partial charge in [-0.05, 0) is 96.5 Å². The molecule has 0 spiro atoms. The number of carbonyl (C=O) groups is 4. The predicted molar refractivity (Wildman–Crippen MR) is 251 cm³/mol. The second-order valence-corrected chi connectivity index (χ2v) is 15.1. The summed E-state index contributed by atoms with van der Waals surface area (Å²) in [4.78, 5) is 60.3. The van der Waals surface area contributed by atoms with Crippen molar-refractivity contribution in [3.05, 3.63) is 149 Å². The number of hydrogen-bond donors (Lipinski definition) is 4. The van der Waals surface area contributed by atoms with Crippen LogP contribution in [0.3, 0.4) is 0 Å². The van der Waals surface area contributed by atoms with E-state index in [2.05, 4.69) is 93.5 Å². The van der Waals surface area contributed by atoms with Gasteiger partial charge in [0.15, 0.2) is 24.9 Å². The van der Waals surface area contributed by atoms with Gasteiger partial charge in [-0.2, -0.15) is 10.2 Å². The van der Waals surface area contributed by atoms with Crippen molar-refractivity contribution in [2.24, 2.45) is 33.9 Å². The number of carbonyl (C=O) groups excluding carboxylic acids is 4. The quantitative estimate of drug-likeness (QED) is 0.117. The van der Waals surface area contributed by atoms with Crippen LogP contribution in [0.5, 0.6) is 0 Å². The molecule has 2 aromatic carbocycles. The molecule has 3 amide bonds. The Hall–Kier alpha value is -5.71. The zero-order valence-electron chi connectivity index (χ0n) is 36.6. The number of benzene rings is 2. The summed E-state index contributed by atoms with van der Waals surface area (Å²) >= 11 is 4.24. The topological polar surface area (TPSA) is 238 Å². The molecule has 0 fully saturated rings. The molecular formula is C44H51F2IN14O6Xe. The van der Waals surface area contributed by atoms with Crippen LogP contribution in [-0.4, -0.2) is 72.2 Å². The molecule has 9 rings (SSSR count). The van der Waals surface area contributed by atoms with Gasteiger partial charge in [-0.15, -0.1) is 0 Å². The molecule has 0 radical (unpaired) electrons. The van der Waals surface area contributed by atoms with Crippen LogP contribution >= 0.6 is 12.0 Å². The van der Waals surface area contributed by atoms with Gasteiger partial charge in [0.25, 0.3) is 11.8 Å². The van der Waals surface area contributed by atoms with Crippen LogP contribution in [0.4, 0.5) is 29.7 Å². The van der Waals surface area contributed by atoms with Crippen molar-refractivity contribution in [3.63, 3.8) is 0 Å². The molecule has 0 aliphatic heterocycles. The number of nitrogens with two attached hydrogens (primary N) is 1. The summed E-state index contributed by atoms with van der Waals surface area (Å²) in [6.07, 6.45) is 13.2. The molecule has 5 N–H and O–H groups in total. The first-order chi connectivity index (χ1) is 32.2. The van der Waals surface area contributed by atoms with E-state index in [0.29, 0.717) is 47.3 Å². The minimum atomic E-state index is -0.568. The van der Waals surface area contributed by atoms with E-state index in [0.717, 1.165) is 35.1 Å². The third kappa shape index (κ3) is 13.9. The van der Waals surface area contributed by atoms with Gasteiger partial charge in [0.1, 0.15) is 42.0 Å². The molecule has 5 aromatic heterocycles. The maximum atomic E-state index is 13.1. The molecule has 0 saturated heterocycles. The van der Waals surface area contributed by atoms with Gasteiger partial charge in [0, 0.05) is 70.4 Å². The van der Waals surface area contributed by atoms with Crippen LogP contribution in [0.2, 0.25) is 0 Å². The summed E-state index contributed by atoms with van der Waals surface area (Å²) in [7, 11) is 7.09. The van der Waals surface area contributed by atoms with Crippen molar-refractivity contribution >= 4 is 47.3 Å². The number of imidazole rings is 1. The molecule has 2 aliphatic carbocycles. The van der Waals surface area contributed by atoms with E-state index in [1.54, 1.807) is 48.9 Å². The zero-order chi connectivity index (χ0) is 48.2. The molecule has 362 valence electrons. The molecular weight excluding hydrogens is 1120 g/mol. The third-order valence-electron chi connectivity index (χ3n) is 10.4. The first-order valence-electron chi connectivity index (χ1n) is 20.4. The first kappa shape index (κ1) is 53.2. The number of aromatic nitrogens is 10. The average Bonchev–Trinajstić information content (AvgIpc) is 4.19. The fourth-order valence-electron chi connectivity index (χ4n) is 7.42. The summed E-state index contributed by atoms with van der Waals surface area (Å²) in [5, 5.41) is 16.4. The third-order valence-corrected chi connectivity index (χ3v) is 10.4. The Balaban J connectivity index is 0.000000197. The van der Waals surface area contributed by atoms with E-state index < -0.39 is 12.2 Å². The van der Waals surface area contributed by atoms with Crippen molar-refractivity contribution in [3.8, 4) is 0 Å². The number of halogens is 3. The van der Waals surface area contributed by atoms with E-state index in [9.17, 15) is 28.0 Å². The summed E-state index contributed by atoms with van der Waals surface area (Å²) in [6, 6.07) is 11.1. The number of hydrogen-bond acceptors (Lipinski definition) is 12. The second kappa shape index (κ2) is 25.1. The molecule has 0 saturated carbocycles. The standard InChI is InChI=1S/C20H21FN6O3.C15H16FN3O.C8H9N5O2.CH4.HIXe/c1-26-9-15-14(18(26)19(28)23-13-5-3-12(21)4-6-13)7-8-16(15)24-20(29)30-10-17-22-11-27(2)25-17;1-19-8-12-11(6-7-13(12)17)14(19)15(20)18-10-4-2-9(16)3-5-10;1-12-6-10-7(11-12)4-15-8(14)13-3-2-9-5-13;;1-2/h3-6,9,11,16H,7-8,10H2,1-2H3,(H,23,28)(H,24,29);2-5,8,13H,6-7,17H2,1H3,(H,18,20);2-3,5-6H,4H2,1H3;1H4;2H. The Morgan fingerprint density at radius 3 is 1.71 bits per heavy atom. The van der Waals surface area contributed by atoms with Crippen molar-refractivity contribution in [1.29, 1.82) is 0 Å². The van der Waals surface area contributed by atoms with Gasteiger partial charge >= 0.3 is 64.6 Å². The number of aryl methyl sites for hydroxylation is 4. The molecule has 2 atom stereocenters. The van der Waals surface area contributed by atoms with E-state index in [1.807, 2.05) is 24.0 Å². The fourth-order valence-corrected chi connectivity index (χ4v) is 7.42. The normalized spacial score (nSPS) is 14.0. The van der Waals surface area contributed by atoms with E-state index >= 15 is 0 Å². The van der Waals surface area contributed by atoms with E-state index in [1.165, 1.54) is 70.7 Å². The number of anilines is 2. The van der Waals surface area contributed by atoms with Crippen LogP contribution in [0.1, 0.15) is 87.2 Å². The first-order valence-corrected chi connectivity index (χ1v) is 26.7. The number of nitrogens with zero attached hydrogens (tertiary/aromatic N) is 10. The molecule has 68 heavy (non-hydrogen) atoms. The molecule has 0 bridgehead atoms. The van der Waals surface area contributed by atoms with Crippen LogP contribution in [0, 0.1) is 52.1 Å². The summed E-state index contributed by atoms with van der Waals surface area (Å²) in [6.45, 7) is 0.0320. The summed E-state index contributed by atoms with van der Waals surface area (Å²) in [5.74, 6) is -0.282. The maximum absolute atomic E-state index is 13.1. The number of ether oxygens (including phenoxy) is 2. The van der Waals surface area contributed by atoms with Crippen molar-refractivity contribution < 1.29 is 77.9 Å². The van der Waals surface area contributed by atoms with Gasteiger partial charge < -0.3 is 40.3 Å². The molecule has 20 nitrogen and oxygen atoms in total. The van der Waals surface area contributed by atoms with E-state index in [-0.39, 0.29) is 56.2 Å². The number of fused-ring (bicyclic) bond motifs is 2. The van der Waals surface area contributed by atoms with Crippen LogP contribution in [0.15, 0.2) is 92.3 Å². The van der Waals surface area contributed by atoms with Gasteiger partial charge in [-0.1, -0.05) is 7.43 Å². The second-order valence-electron chi connectivity index (χ2n) is 15.1. The predicted octanol–water partition coefficient (Wildman–Crippen LogP) is 6.27. The Bertz CT molecular complexity index is 2790. The van der Waals surface area contributed by atoms with Crippen molar-refractivity contribution in [1.82, 2.24) is 53.5 Å². The van der Waals surface area contributed by atoms with Gasteiger partial charge in [0.2, 0.25) is 0 Å². The van der Waals surface area contributed by atoms with Crippen LogP contribution < -0.4 is 21.7 Å². The Labute approximate surface area is 427 Å². The number of amides is 3. The fraction of sp³-hybridized carbons (Fsp3) is 0.295. The van der Waals surface area contributed by atoms with Crippen molar-refractivity contribution in [2.45, 2.75) is 58.4 Å². The zero-order valence-corrected chi connectivity index (χ0v) is 40.9. The number of nitrogens with one attached hydrogen (secondary N) is 3. The number of alkyl carbamates (subject to hydrolysis) is 1. The Morgan fingerprint density at radius 1 is 0.735 bits per heavy atom. The molecule has 24 heteroatoms. The minimum absolute atomic E-state index is 0. The molecule has 2 aliphatic rings. The van der Waals surface area contributed by atoms with Gasteiger partial charge in [-0.3, -0.25) is 19.0 Å². The van der Waals surface area contributed by atoms with Gasteiger partial charge in [0.05, 0.1) is 6.04 Å². The SMILES string of the molecule is C.Cn1cc2c(c1C(=O)Nc1ccc(F)cc1)CCC2N.Cn1cnc(COC(=O)NC2CCc3c2cn(C)c3C(=O)Nc2ccc(F)cc2)n1.Cn1cnc(COC(=O)n2ccnc2)n1.I[XeH]. The summed E-state index contributed by atoms with van der Waals surface area (Å²) in [5.41, 5.74) is 12.1. The van der Waals surface area contributed by atoms with Crippen molar-refractivity contribution in [2.75, 3.05) is 10.6 Å².